The highest BCUT2D eigenvalue weighted by molar-refractivity contribution is 9.10. The van der Waals surface area contributed by atoms with Crippen LogP contribution in [0.4, 0.5) is 0 Å². The van der Waals surface area contributed by atoms with Crippen molar-refractivity contribution in [2.75, 3.05) is 18.1 Å². The standard InChI is InChI=1S/C12H13BrClNO4S2/c1-7-6-20-3-2-15(7)21(18,19)8-4-9(12(16)17)11(14)10(13)5-8/h4-5,7H,2-3,6H2,1H3,(H,16,17). The minimum Gasteiger partial charge on any atom is -0.478 e. The molecule has 1 aromatic rings. The van der Waals surface area contributed by atoms with Crippen LogP contribution in [-0.4, -0.2) is 47.9 Å². The van der Waals surface area contributed by atoms with E-state index in [0.29, 0.717) is 6.54 Å². The summed E-state index contributed by atoms with van der Waals surface area (Å²) in [5, 5.41) is 9.12. The van der Waals surface area contributed by atoms with E-state index in [0.717, 1.165) is 17.6 Å². The summed E-state index contributed by atoms with van der Waals surface area (Å²) in [5.41, 5.74) is -0.233. The SMILES string of the molecule is CC1CSCCN1S(=O)(=O)c1cc(Br)c(Cl)c(C(=O)O)c1. The zero-order chi connectivity index (χ0) is 15.8. The van der Waals surface area contributed by atoms with Crippen LogP contribution in [-0.2, 0) is 10.0 Å². The van der Waals surface area contributed by atoms with E-state index in [1.165, 1.54) is 10.4 Å². The summed E-state index contributed by atoms with van der Waals surface area (Å²) in [6.07, 6.45) is 0. The van der Waals surface area contributed by atoms with Crippen LogP contribution in [0.2, 0.25) is 5.02 Å². The van der Waals surface area contributed by atoms with Gasteiger partial charge in [0.1, 0.15) is 0 Å². The summed E-state index contributed by atoms with van der Waals surface area (Å²) < 4.78 is 27.1. The molecule has 1 N–H and O–H groups in total. The molecule has 1 saturated heterocycles. The first kappa shape index (κ1) is 17.1. The molecule has 0 radical (unpaired) electrons. The minimum atomic E-state index is -3.74. The lowest BCUT2D eigenvalue weighted by Gasteiger charge is -2.32. The Labute approximate surface area is 140 Å². The number of benzene rings is 1. The maximum absolute atomic E-state index is 12.7. The fourth-order valence-corrected chi connectivity index (χ4v) is 5.78. The number of halogens is 2. The summed E-state index contributed by atoms with van der Waals surface area (Å²) in [6.45, 7) is 2.25. The van der Waals surface area contributed by atoms with Crippen LogP contribution in [0.1, 0.15) is 17.3 Å². The number of thioether (sulfide) groups is 1. The number of hydrogen-bond donors (Lipinski definition) is 1. The predicted octanol–water partition coefficient (Wildman–Crippen LogP) is 2.93. The molecule has 21 heavy (non-hydrogen) atoms. The smallest absolute Gasteiger partial charge is 0.337 e. The van der Waals surface area contributed by atoms with Crippen LogP contribution >= 0.6 is 39.3 Å². The Morgan fingerprint density at radius 2 is 2.19 bits per heavy atom. The third-order valence-electron chi connectivity index (χ3n) is 3.15. The highest BCUT2D eigenvalue weighted by Crippen LogP contribution is 2.32. The minimum absolute atomic E-state index is 0.0105. The molecule has 2 rings (SSSR count). The van der Waals surface area contributed by atoms with Gasteiger partial charge in [0.05, 0.1) is 15.5 Å². The van der Waals surface area contributed by atoms with E-state index in [9.17, 15) is 13.2 Å². The van der Waals surface area contributed by atoms with Gasteiger partial charge in [0.2, 0.25) is 10.0 Å². The van der Waals surface area contributed by atoms with E-state index in [4.69, 9.17) is 16.7 Å². The Hall–Kier alpha value is -0.280. The third-order valence-corrected chi connectivity index (χ3v) is 7.59. The van der Waals surface area contributed by atoms with Gasteiger partial charge in [-0.3, -0.25) is 0 Å². The summed E-state index contributed by atoms with van der Waals surface area (Å²) >= 11 is 10.7. The summed E-state index contributed by atoms with van der Waals surface area (Å²) in [4.78, 5) is 11.1. The average Bonchev–Trinajstić information content (AvgIpc) is 2.41. The number of sulfonamides is 1. The Morgan fingerprint density at radius 3 is 2.76 bits per heavy atom. The number of aromatic carboxylic acids is 1. The molecular weight excluding hydrogens is 402 g/mol. The fraction of sp³-hybridized carbons (Fsp3) is 0.417. The van der Waals surface area contributed by atoms with Crippen molar-refractivity contribution in [3.8, 4) is 0 Å². The van der Waals surface area contributed by atoms with Gasteiger partial charge in [0.25, 0.3) is 0 Å². The lowest BCUT2D eigenvalue weighted by molar-refractivity contribution is 0.0696. The van der Waals surface area contributed by atoms with E-state index in [2.05, 4.69) is 15.9 Å². The maximum atomic E-state index is 12.7. The number of rotatable bonds is 3. The van der Waals surface area contributed by atoms with Gasteiger partial charge in [0.15, 0.2) is 0 Å². The second kappa shape index (κ2) is 6.45. The van der Waals surface area contributed by atoms with Crippen LogP contribution in [0.15, 0.2) is 21.5 Å². The Kier molecular flexibility index (Phi) is 5.25. The van der Waals surface area contributed by atoms with Gasteiger partial charge in [0, 0.05) is 28.6 Å². The molecule has 0 spiro atoms. The fourth-order valence-electron chi connectivity index (χ4n) is 2.07. The molecule has 1 aromatic carbocycles. The van der Waals surface area contributed by atoms with Gasteiger partial charge in [-0.05, 0) is 35.0 Å². The van der Waals surface area contributed by atoms with Gasteiger partial charge in [-0.25, -0.2) is 13.2 Å². The molecule has 1 atom stereocenters. The molecule has 0 bridgehead atoms. The number of nitrogens with zero attached hydrogens (tertiary/aromatic N) is 1. The number of carbonyl (C=O) groups is 1. The zero-order valence-corrected chi connectivity index (χ0v) is 15.0. The molecular formula is C12H13BrClNO4S2. The van der Waals surface area contributed by atoms with Gasteiger partial charge >= 0.3 is 5.97 Å². The topological polar surface area (TPSA) is 74.7 Å². The number of carboxylic acids is 1. The Balaban J connectivity index is 2.52. The van der Waals surface area contributed by atoms with Crippen LogP contribution < -0.4 is 0 Å². The second-order valence-electron chi connectivity index (χ2n) is 4.61. The molecule has 0 aliphatic carbocycles. The number of hydrogen-bond acceptors (Lipinski definition) is 4. The largest absolute Gasteiger partial charge is 0.478 e. The lowest BCUT2D eigenvalue weighted by Crippen LogP contribution is -2.44. The van der Waals surface area contributed by atoms with E-state index in [-0.39, 0.29) is 26.0 Å². The predicted molar refractivity (Wildman–Crippen MR) is 86.8 cm³/mol. The van der Waals surface area contributed by atoms with Gasteiger partial charge in [-0.1, -0.05) is 11.6 Å². The maximum Gasteiger partial charge on any atom is 0.337 e. The summed E-state index contributed by atoms with van der Waals surface area (Å²) in [6, 6.07) is 2.33. The second-order valence-corrected chi connectivity index (χ2v) is 8.88. The van der Waals surface area contributed by atoms with E-state index < -0.39 is 16.0 Å². The molecule has 1 heterocycles. The Bertz CT molecular complexity index is 680. The molecule has 0 amide bonds. The van der Waals surface area contributed by atoms with Crippen molar-refractivity contribution >= 4 is 55.3 Å². The summed E-state index contributed by atoms with van der Waals surface area (Å²) in [5.74, 6) is 0.184. The summed E-state index contributed by atoms with van der Waals surface area (Å²) in [7, 11) is -3.74. The van der Waals surface area contributed by atoms with Gasteiger partial charge < -0.3 is 5.11 Å². The molecule has 0 aromatic heterocycles. The molecule has 1 unspecified atom stereocenters. The highest BCUT2D eigenvalue weighted by Gasteiger charge is 2.32. The monoisotopic (exact) mass is 413 g/mol. The lowest BCUT2D eigenvalue weighted by atomic mass is 10.2. The van der Waals surface area contributed by atoms with E-state index >= 15 is 0 Å². The van der Waals surface area contributed by atoms with Gasteiger partial charge in [-0.15, -0.1) is 0 Å². The number of carboxylic acid groups (broad SMARTS) is 1. The van der Waals surface area contributed by atoms with Crippen molar-refractivity contribution in [2.24, 2.45) is 0 Å². The zero-order valence-electron chi connectivity index (χ0n) is 11.0. The molecule has 9 heteroatoms. The molecule has 1 aliphatic rings. The molecule has 5 nitrogen and oxygen atoms in total. The first-order valence-corrected chi connectivity index (χ1v) is 9.83. The van der Waals surface area contributed by atoms with Crippen molar-refractivity contribution in [3.63, 3.8) is 0 Å². The molecule has 0 saturated carbocycles. The van der Waals surface area contributed by atoms with Crippen LogP contribution in [0.25, 0.3) is 0 Å². The van der Waals surface area contributed by atoms with Crippen molar-refractivity contribution in [3.05, 3.63) is 27.2 Å². The molecule has 116 valence electrons. The highest BCUT2D eigenvalue weighted by atomic mass is 79.9. The third kappa shape index (κ3) is 3.39. The average molecular weight is 415 g/mol. The van der Waals surface area contributed by atoms with Crippen molar-refractivity contribution < 1.29 is 18.3 Å². The van der Waals surface area contributed by atoms with Crippen molar-refractivity contribution in [2.45, 2.75) is 17.9 Å². The first-order chi connectivity index (χ1) is 9.75. The van der Waals surface area contributed by atoms with Crippen LogP contribution in [0, 0.1) is 0 Å². The van der Waals surface area contributed by atoms with Crippen LogP contribution in [0.3, 0.4) is 0 Å². The molecule has 1 fully saturated rings. The van der Waals surface area contributed by atoms with Crippen molar-refractivity contribution in [1.82, 2.24) is 4.31 Å². The van der Waals surface area contributed by atoms with Gasteiger partial charge in [-0.2, -0.15) is 16.1 Å². The quantitative estimate of drug-likeness (QED) is 0.823. The van der Waals surface area contributed by atoms with E-state index in [1.807, 2.05) is 6.92 Å². The normalized spacial score (nSPS) is 20.4. The Morgan fingerprint density at radius 1 is 1.52 bits per heavy atom. The first-order valence-electron chi connectivity index (χ1n) is 6.07. The van der Waals surface area contributed by atoms with Crippen molar-refractivity contribution in [1.29, 1.82) is 0 Å². The molecule has 1 aliphatic heterocycles. The van der Waals surface area contributed by atoms with Crippen LogP contribution in [0.5, 0.6) is 0 Å². The van der Waals surface area contributed by atoms with E-state index in [1.54, 1.807) is 11.8 Å².